The van der Waals surface area contributed by atoms with Crippen LogP contribution in [0.2, 0.25) is 0 Å². The summed E-state index contributed by atoms with van der Waals surface area (Å²) in [5.41, 5.74) is 2.42. The molecule has 1 aliphatic rings. The van der Waals surface area contributed by atoms with Gasteiger partial charge in [-0.3, -0.25) is 9.89 Å². The Hall–Kier alpha value is -1.49. The van der Waals surface area contributed by atoms with Crippen molar-refractivity contribution in [1.82, 2.24) is 20.5 Å². The van der Waals surface area contributed by atoms with E-state index in [1.807, 2.05) is 19.1 Å². The van der Waals surface area contributed by atoms with E-state index in [4.69, 9.17) is 0 Å². The first kappa shape index (κ1) is 25.8. The molecular weight excluding hydrogens is 518 g/mol. The van der Waals surface area contributed by atoms with Crippen LogP contribution < -0.4 is 10.6 Å². The number of piperidine rings is 1. The number of para-hydroxylation sites is 1. The van der Waals surface area contributed by atoms with Crippen molar-refractivity contribution in [1.29, 1.82) is 0 Å². The van der Waals surface area contributed by atoms with E-state index < -0.39 is 12.7 Å². The summed E-state index contributed by atoms with van der Waals surface area (Å²) < 4.78 is 37.5. The Morgan fingerprint density at radius 3 is 2.65 bits per heavy atom. The number of nitrogens with zero attached hydrogens (tertiary/aromatic N) is 2. The number of hydrogen-bond donors (Lipinski definition) is 3. The minimum absolute atomic E-state index is 0. The van der Waals surface area contributed by atoms with E-state index in [2.05, 4.69) is 38.9 Å². The number of H-pyrrole nitrogens is 1. The monoisotopic (exact) mass is 551 g/mol. The molecule has 1 fully saturated rings. The van der Waals surface area contributed by atoms with Gasteiger partial charge in [-0.2, -0.15) is 13.2 Å². The smallest absolute Gasteiger partial charge is 0.361 e. The van der Waals surface area contributed by atoms with Crippen LogP contribution in [0.5, 0.6) is 0 Å². The predicted octanol–water partition coefficient (Wildman–Crippen LogP) is 4.55. The third-order valence-corrected chi connectivity index (χ3v) is 5.62. The van der Waals surface area contributed by atoms with Crippen LogP contribution in [0.15, 0.2) is 35.5 Å². The van der Waals surface area contributed by atoms with E-state index in [1.54, 1.807) is 0 Å². The lowest BCUT2D eigenvalue weighted by atomic mass is 9.93. The van der Waals surface area contributed by atoms with E-state index in [9.17, 15) is 13.2 Å². The van der Waals surface area contributed by atoms with Crippen molar-refractivity contribution in [2.45, 2.75) is 38.8 Å². The zero-order valence-corrected chi connectivity index (χ0v) is 20.3. The van der Waals surface area contributed by atoms with Gasteiger partial charge in [0.05, 0.1) is 6.54 Å². The van der Waals surface area contributed by atoms with Crippen molar-refractivity contribution >= 4 is 40.8 Å². The van der Waals surface area contributed by atoms with Crippen LogP contribution in [-0.2, 0) is 6.42 Å². The van der Waals surface area contributed by atoms with Crippen LogP contribution in [0, 0.1) is 5.92 Å². The van der Waals surface area contributed by atoms with E-state index in [0.717, 1.165) is 50.2 Å². The van der Waals surface area contributed by atoms with Gasteiger partial charge in [0.25, 0.3) is 0 Å². The number of fused-ring (bicyclic) bond motifs is 1. The van der Waals surface area contributed by atoms with Gasteiger partial charge < -0.3 is 15.6 Å². The normalized spacial score (nSPS) is 16.3. The lowest BCUT2D eigenvalue weighted by Crippen LogP contribution is -2.40. The van der Waals surface area contributed by atoms with Gasteiger partial charge >= 0.3 is 6.18 Å². The van der Waals surface area contributed by atoms with E-state index >= 15 is 0 Å². The highest BCUT2D eigenvalue weighted by Gasteiger charge is 2.32. The predicted molar refractivity (Wildman–Crippen MR) is 131 cm³/mol. The van der Waals surface area contributed by atoms with Crippen LogP contribution >= 0.6 is 24.0 Å². The second-order valence-electron chi connectivity index (χ2n) is 7.92. The molecule has 3 rings (SSSR count). The number of alkyl halides is 3. The molecule has 1 aromatic carbocycles. The Balaban J connectivity index is 0.00000341. The Bertz CT molecular complexity index is 813. The molecule has 0 spiro atoms. The van der Waals surface area contributed by atoms with Crippen molar-refractivity contribution in [3.63, 3.8) is 0 Å². The first-order valence-electron chi connectivity index (χ1n) is 10.8. The number of nitrogens with one attached hydrogen (secondary N) is 3. The fourth-order valence-corrected chi connectivity index (χ4v) is 4.04. The standard InChI is InChI=1S/C22H32F3N5.HI/c1-2-26-21(28-12-8-18-15-29-20-6-4-3-5-19(18)20)27-11-7-17-9-13-30(14-10-17)16-22(23,24)25;/h3-6,15,17,29H,2,7-14,16H2,1H3,(H2,26,27,28);1H. The number of likely N-dealkylation sites (tertiary alicyclic amines) is 1. The van der Waals surface area contributed by atoms with E-state index in [0.29, 0.717) is 25.6 Å². The molecule has 1 saturated heterocycles. The number of aliphatic imine (C=N–C) groups is 1. The molecule has 3 N–H and O–H groups in total. The third-order valence-electron chi connectivity index (χ3n) is 5.62. The Morgan fingerprint density at radius 1 is 1.19 bits per heavy atom. The maximum atomic E-state index is 12.5. The van der Waals surface area contributed by atoms with Crippen LogP contribution in [0.4, 0.5) is 13.2 Å². The molecule has 1 aromatic heterocycles. The van der Waals surface area contributed by atoms with Crippen LogP contribution in [-0.4, -0.2) is 61.3 Å². The molecule has 174 valence electrons. The van der Waals surface area contributed by atoms with Gasteiger partial charge in [0.2, 0.25) is 0 Å². The number of halogens is 4. The summed E-state index contributed by atoms with van der Waals surface area (Å²) >= 11 is 0. The molecule has 9 heteroatoms. The molecule has 2 heterocycles. The van der Waals surface area contributed by atoms with Crippen LogP contribution in [0.3, 0.4) is 0 Å². The SMILES string of the molecule is CCNC(=NCCC1CCN(CC(F)(F)F)CC1)NCCc1c[nH]c2ccccc12.I. The first-order chi connectivity index (χ1) is 14.4. The molecule has 0 radical (unpaired) electrons. The topological polar surface area (TPSA) is 55.5 Å². The summed E-state index contributed by atoms with van der Waals surface area (Å²) in [6, 6.07) is 8.27. The van der Waals surface area contributed by atoms with Gasteiger partial charge in [-0.1, -0.05) is 18.2 Å². The quantitative estimate of drug-likeness (QED) is 0.257. The Morgan fingerprint density at radius 2 is 1.94 bits per heavy atom. The highest BCUT2D eigenvalue weighted by atomic mass is 127. The van der Waals surface area contributed by atoms with Crippen LogP contribution in [0.25, 0.3) is 10.9 Å². The minimum Gasteiger partial charge on any atom is -0.361 e. The third kappa shape index (κ3) is 8.51. The summed E-state index contributed by atoms with van der Waals surface area (Å²) in [5, 5.41) is 7.90. The molecule has 0 saturated carbocycles. The zero-order chi connectivity index (χ0) is 21.4. The van der Waals surface area contributed by atoms with Crippen molar-refractivity contribution in [3.05, 3.63) is 36.0 Å². The molecule has 1 aliphatic heterocycles. The minimum atomic E-state index is -4.10. The van der Waals surface area contributed by atoms with Gasteiger partial charge in [0.15, 0.2) is 5.96 Å². The molecule has 0 aliphatic carbocycles. The molecular formula is C22H33F3IN5. The summed E-state index contributed by atoms with van der Waals surface area (Å²) in [6.07, 6.45) is 1.40. The number of rotatable bonds is 8. The number of guanidine groups is 1. The Labute approximate surface area is 199 Å². The van der Waals surface area contributed by atoms with Gasteiger partial charge in [0, 0.05) is 36.7 Å². The maximum absolute atomic E-state index is 12.5. The summed E-state index contributed by atoms with van der Waals surface area (Å²) in [6.45, 7) is 4.55. The van der Waals surface area contributed by atoms with Crippen molar-refractivity contribution < 1.29 is 13.2 Å². The van der Waals surface area contributed by atoms with E-state index in [-0.39, 0.29) is 24.0 Å². The molecule has 0 amide bonds. The number of aromatic nitrogens is 1. The van der Waals surface area contributed by atoms with Crippen LogP contribution in [0.1, 0.15) is 31.7 Å². The highest BCUT2D eigenvalue weighted by Crippen LogP contribution is 2.24. The van der Waals surface area contributed by atoms with Gasteiger partial charge in [-0.05, 0) is 63.2 Å². The van der Waals surface area contributed by atoms with Gasteiger partial charge in [0.1, 0.15) is 0 Å². The molecule has 31 heavy (non-hydrogen) atoms. The number of aromatic amines is 1. The average Bonchev–Trinajstić information content (AvgIpc) is 3.11. The highest BCUT2D eigenvalue weighted by molar-refractivity contribution is 14.0. The number of benzene rings is 1. The van der Waals surface area contributed by atoms with Crippen molar-refractivity contribution in [2.75, 3.05) is 39.3 Å². The van der Waals surface area contributed by atoms with E-state index in [1.165, 1.54) is 15.8 Å². The van der Waals surface area contributed by atoms with Crippen molar-refractivity contribution in [3.8, 4) is 0 Å². The second-order valence-corrected chi connectivity index (χ2v) is 7.92. The molecule has 2 aromatic rings. The molecule has 0 unspecified atom stereocenters. The van der Waals surface area contributed by atoms with Crippen molar-refractivity contribution in [2.24, 2.45) is 10.9 Å². The molecule has 5 nitrogen and oxygen atoms in total. The largest absolute Gasteiger partial charge is 0.401 e. The lowest BCUT2D eigenvalue weighted by Gasteiger charge is -2.32. The van der Waals surface area contributed by atoms with Gasteiger partial charge in [-0.25, -0.2) is 0 Å². The first-order valence-corrected chi connectivity index (χ1v) is 10.8. The van der Waals surface area contributed by atoms with Gasteiger partial charge in [-0.15, -0.1) is 24.0 Å². The maximum Gasteiger partial charge on any atom is 0.401 e. The summed E-state index contributed by atoms with van der Waals surface area (Å²) in [7, 11) is 0. The Kier molecular flexibility index (Phi) is 10.4. The second kappa shape index (κ2) is 12.5. The summed E-state index contributed by atoms with van der Waals surface area (Å²) in [4.78, 5) is 9.47. The fraction of sp³-hybridized carbons (Fsp3) is 0.591. The number of hydrogen-bond acceptors (Lipinski definition) is 2. The summed E-state index contributed by atoms with van der Waals surface area (Å²) in [5.74, 6) is 1.25. The lowest BCUT2D eigenvalue weighted by molar-refractivity contribution is -0.148. The molecule has 0 atom stereocenters. The zero-order valence-electron chi connectivity index (χ0n) is 18.0. The fourth-order valence-electron chi connectivity index (χ4n) is 4.04. The average molecular weight is 551 g/mol. The molecule has 0 bridgehead atoms.